The number of benzene rings is 1. The second kappa shape index (κ2) is 7.12. The number of furan rings is 1. The zero-order valence-electron chi connectivity index (χ0n) is 11.5. The molecule has 3 nitrogen and oxygen atoms in total. The Labute approximate surface area is 115 Å². The van der Waals surface area contributed by atoms with Crippen LogP contribution in [0.1, 0.15) is 23.3 Å². The van der Waals surface area contributed by atoms with Crippen molar-refractivity contribution in [3.8, 4) is 0 Å². The van der Waals surface area contributed by atoms with Crippen molar-refractivity contribution in [3.63, 3.8) is 0 Å². The molecule has 0 bridgehead atoms. The van der Waals surface area contributed by atoms with Crippen LogP contribution < -0.4 is 5.73 Å². The summed E-state index contributed by atoms with van der Waals surface area (Å²) < 4.78 is 5.54. The first-order valence-electron chi connectivity index (χ1n) is 6.79. The molecule has 0 amide bonds. The van der Waals surface area contributed by atoms with Crippen molar-refractivity contribution in [1.82, 2.24) is 4.90 Å². The monoisotopic (exact) mass is 258 g/mol. The maximum atomic E-state index is 5.62. The molecule has 2 N–H and O–H groups in total. The van der Waals surface area contributed by atoms with Crippen LogP contribution in [0.4, 0.5) is 0 Å². The van der Waals surface area contributed by atoms with Crippen molar-refractivity contribution in [2.75, 3.05) is 13.1 Å². The smallest absolute Gasteiger partial charge is 0.120 e. The average molecular weight is 258 g/mol. The van der Waals surface area contributed by atoms with E-state index in [1.165, 1.54) is 11.1 Å². The van der Waals surface area contributed by atoms with Gasteiger partial charge in [-0.3, -0.25) is 4.90 Å². The molecule has 2 aromatic rings. The minimum Gasteiger partial charge on any atom is -0.468 e. The average Bonchev–Trinajstić information content (AvgIpc) is 2.83. The number of hydrogen-bond donors (Lipinski definition) is 1. The van der Waals surface area contributed by atoms with Gasteiger partial charge in [0.15, 0.2) is 0 Å². The summed E-state index contributed by atoms with van der Waals surface area (Å²) >= 11 is 0. The molecular weight excluding hydrogens is 236 g/mol. The van der Waals surface area contributed by atoms with Gasteiger partial charge in [-0.2, -0.15) is 0 Å². The highest BCUT2D eigenvalue weighted by Gasteiger charge is 2.10. The molecular formula is C16H22N2O. The van der Waals surface area contributed by atoms with Gasteiger partial charge in [-0.25, -0.2) is 0 Å². The lowest BCUT2D eigenvalue weighted by atomic mass is 10.2. The Morgan fingerprint density at radius 1 is 1.11 bits per heavy atom. The molecule has 2 rings (SSSR count). The lowest BCUT2D eigenvalue weighted by molar-refractivity contribution is 0.233. The first-order chi connectivity index (χ1) is 9.29. The molecule has 102 valence electrons. The summed E-state index contributed by atoms with van der Waals surface area (Å²) in [5, 5.41) is 0. The molecule has 0 fully saturated rings. The first kappa shape index (κ1) is 13.8. The molecule has 1 aromatic carbocycles. The van der Waals surface area contributed by atoms with Crippen LogP contribution in [0.15, 0.2) is 47.1 Å². The third-order valence-corrected chi connectivity index (χ3v) is 3.26. The molecule has 0 unspecified atom stereocenters. The SMILES string of the molecule is Cc1ccoc1CN(CCCN)Cc1ccccc1. The molecule has 3 heteroatoms. The Bertz CT molecular complexity index is 479. The molecule has 0 atom stereocenters. The maximum absolute atomic E-state index is 5.62. The fourth-order valence-electron chi connectivity index (χ4n) is 2.14. The van der Waals surface area contributed by atoms with E-state index in [2.05, 4.69) is 36.1 Å². The van der Waals surface area contributed by atoms with E-state index < -0.39 is 0 Å². The van der Waals surface area contributed by atoms with Crippen LogP contribution in [-0.2, 0) is 13.1 Å². The fourth-order valence-corrected chi connectivity index (χ4v) is 2.14. The van der Waals surface area contributed by atoms with E-state index in [0.717, 1.165) is 38.4 Å². The molecule has 0 aliphatic carbocycles. The highest BCUT2D eigenvalue weighted by Crippen LogP contribution is 2.14. The van der Waals surface area contributed by atoms with E-state index in [1.807, 2.05) is 12.1 Å². The predicted octanol–water partition coefficient (Wildman–Crippen LogP) is 2.94. The summed E-state index contributed by atoms with van der Waals surface area (Å²) in [6, 6.07) is 12.5. The van der Waals surface area contributed by atoms with E-state index >= 15 is 0 Å². The van der Waals surface area contributed by atoms with Crippen LogP contribution in [0.25, 0.3) is 0 Å². The Balaban J connectivity index is 2.01. The lowest BCUT2D eigenvalue weighted by Gasteiger charge is -2.21. The fraction of sp³-hybridized carbons (Fsp3) is 0.375. The van der Waals surface area contributed by atoms with E-state index in [-0.39, 0.29) is 0 Å². The second-order valence-electron chi connectivity index (χ2n) is 4.87. The Hall–Kier alpha value is -1.58. The van der Waals surface area contributed by atoms with E-state index in [9.17, 15) is 0 Å². The van der Waals surface area contributed by atoms with Gasteiger partial charge < -0.3 is 10.2 Å². The van der Waals surface area contributed by atoms with Crippen molar-refractivity contribution in [2.45, 2.75) is 26.4 Å². The molecule has 0 aliphatic heterocycles. The normalized spacial score (nSPS) is 11.1. The van der Waals surface area contributed by atoms with Crippen molar-refractivity contribution in [1.29, 1.82) is 0 Å². The standard InChI is InChI=1S/C16H22N2O/c1-14-8-11-19-16(14)13-18(10-5-9-17)12-15-6-3-2-4-7-15/h2-4,6-8,11H,5,9-10,12-13,17H2,1H3. The van der Waals surface area contributed by atoms with Crippen molar-refractivity contribution >= 4 is 0 Å². The quantitative estimate of drug-likeness (QED) is 0.830. The second-order valence-corrected chi connectivity index (χ2v) is 4.87. The largest absolute Gasteiger partial charge is 0.468 e. The number of nitrogens with two attached hydrogens (primary N) is 1. The predicted molar refractivity (Wildman–Crippen MR) is 77.7 cm³/mol. The number of aryl methyl sites for hydroxylation is 1. The van der Waals surface area contributed by atoms with E-state index in [4.69, 9.17) is 10.2 Å². The van der Waals surface area contributed by atoms with E-state index in [1.54, 1.807) is 6.26 Å². The molecule has 0 saturated heterocycles. The van der Waals surface area contributed by atoms with Gasteiger partial charge in [0.1, 0.15) is 5.76 Å². The summed E-state index contributed by atoms with van der Waals surface area (Å²) in [6.45, 7) is 5.57. The third kappa shape index (κ3) is 4.23. The van der Waals surface area contributed by atoms with Crippen molar-refractivity contribution < 1.29 is 4.42 Å². The highest BCUT2D eigenvalue weighted by molar-refractivity contribution is 5.16. The van der Waals surface area contributed by atoms with Gasteiger partial charge >= 0.3 is 0 Å². The molecule has 0 spiro atoms. The van der Waals surface area contributed by atoms with Crippen molar-refractivity contribution in [3.05, 3.63) is 59.5 Å². The van der Waals surface area contributed by atoms with Gasteiger partial charge in [0.2, 0.25) is 0 Å². The molecule has 0 radical (unpaired) electrons. The van der Waals surface area contributed by atoms with Gasteiger partial charge in [-0.05, 0) is 37.1 Å². The number of hydrogen-bond acceptors (Lipinski definition) is 3. The van der Waals surface area contributed by atoms with Crippen LogP contribution >= 0.6 is 0 Å². The molecule has 1 heterocycles. The summed E-state index contributed by atoms with van der Waals surface area (Å²) in [6.07, 6.45) is 2.76. The van der Waals surface area contributed by atoms with Gasteiger partial charge in [0, 0.05) is 13.1 Å². The summed E-state index contributed by atoms with van der Waals surface area (Å²) in [7, 11) is 0. The topological polar surface area (TPSA) is 42.4 Å². The van der Waals surface area contributed by atoms with Crippen LogP contribution in [-0.4, -0.2) is 18.0 Å². The summed E-state index contributed by atoms with van der Waals surface area (Å²) in [4.78, 5) is 2.38. The maximum Gasteiger partial charge on any atom is 0.120 e. The van der Waals surface area contributed by atoms with Gasteiger partial charge in [-0.1, -0.05) is 30.3 Å². The van der Waals surface area contributed by atoms with E-state index in [0.29, 0.717) is 0 Å². The van der Waals surface area contributed by atoms with Gasteiger partial charge in [0.05, 0.1) is 12.8 Å². The zero-order chi connectivity index (χ0) is 13.5. The first-order valence-corrected chi connectivity index (χ1v) is 6.79. The van der Waals surface area contributed by atoms with Crippen LogP contribution in [0.2, 0.25) is 0 Å². The lowest BCUT2D eigenvalue weighted by Crippen LogP contribution is -2.25. The van der Waals surface area contributed by atoms with Crippen LogP contribution in [0, 0.1) is 6.92 Å². The minimum atomic E-state index is 0.725. The van der Waals surface area contributed by atoms with Crippen molar-refractivity contribution in [2.24, 2.45) is 5.73 Å². The summed E-state index contributed by atoms with van der Waals surface area (Å²) in [5.74, 6) is 1.05. The number of rotatable bonds is 7. The molecule has 1 aromatic heterocycles. The van der Waals surface area contributed by atoms with Crippen LogP contribution in [0.3, 0.4) is 0 Å². The molecule has 0 aliphatic rings. The minimum absolute atomic E-state index is 0.725. The van der Waals surface area contributed by atoms with Crippen LogP contribution in [0.5, 0.6) is 0 Å². The zero-order valence-corrected chi connectivity index (χ0v) is 11.5. The highest BCUT2D eigenvalue weighted by atomic mass is 16.3. The van der Waals surface area contributed by atoms with Gasteiger partial charge in [0.25, 0.3) is 0 Å². The Morgan fingerprint density at radius 3 is 2.53 bits per heavy atom. The summed E-state index contributed by atoms with van der Waals surface area (Å²) in [5.41, 5.74) is 8.16. The third-order valence-electron chi connectivity index (χ3n) is 3.26. The Morgan fingerprint density at radius 2 is 1.89 bits per heavy atom. The molecule has 19 heavy (non-hydrogen) atoms. The van der Waals surface area contributed by atoms with Gasteiger partial charge in [-0.15, -0.1) is 0 Å². The Kier molecular flexibility index (Phi) is 5.19. The number of nitrogens with zero attached hydrogens (tertiary/aromatic N) is 1. The molecule has 0 saturated carbocycles.